The van der Waals surface area contributed by atoms with Crippen LogP contribution in [0.3, 0.4) is 0 Å². The van der Waals surface area contributed by atoms with Crippen molar-refractivity contribution in [3.63, 3.8) is 0 Å². The standard InChI is InChI=1S/C11H11F2NO5/c1-6(5-18-2)19-11(15)8-3-7(12)4-9(10(8)13)14(16)17/h3-4,6H,5H2,1-2H3. The molecule has 1 rings (SSSR count). The summed E-state index contributed by atoms with van der Waals surface area (Å²) in [6, 6.07) is 0.939. The van der Waals surface area contributed by atoms with E-state index in [4.69, 9.17) is 9.47 Å². The third-order valence-corrected chi connectivity index (χ3v) is 2.14. The van der Waals surface area contributed by atoms with Crippen LogP contribution in [0.4, 0.5) is 14.5 Å². The van der Waals surface area contributed by atoms with Gasteiger partial charge in [0, 0.05) is 7.11 Å². The molecule has 0 heterocycles. The van der Waals surface area contributed by atoms with Crippen molar-refractivity contribution in [2.45, 2.75) is 13.0 Å². The summed E-state index contributed by atoms with van der Waals surface area (Å²) in [5.41, 5.74) is -1.94. The molecule has 0 fully saturated rings. The Kier molecular flexibility index (Phi) is 4.87. The number of benzene rings is 1. The Bertz CT molecular complexity index is 506. The quantitative estimate of drug-likeness (QED) is 0.467. The van der Waals surface area contributed by atoms with E-state index in [0.29, 0.717) is 12.1 Å². The third kappa shape index (κ3) is 3.68. The fourth-order valence-electron chi connectivity index (χ4n) is 1.37. The maximum atomic E-state index is 13.6. The monoisotopic (exact) mass is 275 g/mol. The molecule has 6 nitrogen and oxygen atoms in total. The molecule has 19 heavy (non-hydrogen) atoms. The smallest absolute Gasteiger partial charge is 0.341 e. The minimum Gasteiger partial charge on any atom is -0.457 e. The molecule has 1 aromatic rings. The van der Waals surface area contributed by atoms with Crippen molar-refractivity contribution in [2.24, 2.45) is 0 Å². The average molecular weight is 275 g/mol. The predicted molar refractivity (Wildman–Crippen MR) is 59.8 cm³/mol. The van der Waals surface area contributed by atoms with Crippen LogP contribution in [0, 0.1) is 21.7 Å². The van der Waals surface area contributed by atoms with Crippen LogP contribution in [0.25, 0.3) is 0 Å². The van der Waals surface area contributed by atoms with E-state index >= 15 is 0 Å². The highest BCUT2D eigenvalue weighted by Crippen LogP contribution is 2.23. The van der Waals surface area contributed by atoms with Crippen LogP contribution in [0.2, 0.25) is 0 Å². The highest BCUT2D eigenvalue weighted by Gasteiger charge is 2.26. The molecule has 0 saturated carbocycles. The molecule has 0 aliphatic rings. The molecule has 0 saturated heterocycles. The number of carbonyl (C=O) groups excluding carboxylic acids is 1. The van der Waals surface area contributed by atoms with Gasteiger partial charge in [-0.3, -0.25) is 10.1 Å². The molecule has 0 aliphatic heterocycles. The number of ether oxygens (including phenoxy) is 2. The van der Waals surface area contributed by atoms with Gasteiger partial charge in [-0.25, -0.2) is 9.18 Å². The molecular formula is C11H11F2NO5. The van der Waals surface area contributed by atoms with E-state index in [1.54, 1.807) is 0 Å². The zero-order chi connectivity index (χ0) is 14.6. The van der Waals surface area contributed by atoms with Gasteiger partial charge in [-0.2, -0.15) is 4.39 Å². The molecule has 1 atom stereocenters. The van der Waals surface area contributed by atoms with Gasteiger partial charge in [0.25, 0.3) is 0 Å². The van der Waals surface area contributed by atoms with Gasteiger partial charge >= 0.3 is 11.7 Å². The number of nitrogens with zero attached hydrogens (tertiary/aromatic N) is 1. The molecule has 1 aromatic carbocycles. The number of halogens is 2. The predicted octanol–water partition coefficient (Wildman–Crippen LogP) is 2.06. The number of rotatable bonds is 5. The van der Waals surface area contributed by atoms with Crippen molar-refractivity contribution in [3.05, 3.63) is 39.4 Å². The van der Waals surface area contributed by atoms with Crippen LogP contribution in [0.15, 0.2) is 12.1 Å². The fourth-order valence-corrected chi connectivity index (χ4v) is 1.37. The SMILES string of the molecule is COCC(C)OC(=O)c1cc(F)cc([N+](=O)[O-])c1F. The Morgan fingerprint density at radius 1 is 1.47 bits per heavy atom. The van der Waals surface area contributed by atoms with Crippen LogP contribution in [0.1, 0.15) is 17.3 Å². The Morgan fingerprint density at radius 2 is 2.11 bits per heavy atom. The van der Waals surface area contributed by atoms with E-state index in [9.17, 15) is 23.7 Å². The number of methoxy groups -OCH3 is 1. The fraction of sp³-hybridized carbons (Fsp3) is 0.364. The lowest BCUT2D eigenvalue weighted by atomic mass is 10.2. The molecule has 8 heteroatoms. The molecule has 104 valence electrons. The highest BCUT2D eigenvalue weighted by atomic mass is 19.1. The number of carbonyl (C=O) groups is 1. The second-order valence-corrected chi connectivity index (χ2v) is 3.71. The lowest BCUT2D eigenvalue weighted by molar-refractivity contribution is -0.387. The second kappa shape index (κ2) is 6.19. The molecule has 0 radical (unpaired) electrons. The van der Waals surface area contributed by atoms with Crippen molar-refractivity contribution < 1.29 is 28.0 Å². The number of nitro groups is 1. The first-order chi connectivity index (χ1) is 8.86. The number of hydrogen-bond donors (Lipinski definition) is 0. The molecule has 0 bridgehead atoms. The maximum Gasteiger partial charge on any atom is 0.341 e. The van der Waals surface area contributed by atoms with Gasteiger partial charge in [0.05, 0.1) is 17.6 Å². The van der Waals surface area contributed by atoms with Crippen molar-refractivity contribution in [3.8, 4) is 0 Å². The van der Waals surface area contributed by atoms with Gasteiger partial charge < -0.3 is 9.47 Å². The summed E-state index contributed by atoms with van der Waals surface area (Å²) in [4.78, 5) is 21.0. The second-order valence-electron chi connectivity index (χ2n) is 3.71. The van der Waals surface area contributed by atoms with Crippen molar-refractivity contribution in [1.82, 2.24) is 0 Å². The Balaban J connectivity index is 3.06. The summed E-state index contributed by atoms with van der Waals surface area (Å²) < 4.78 is 36.2. The van der Waals surface area contributed by atoms with Gasteiger partial charge in [0.2, 0.25) is 5.82 Å². The van der Waals surface area contributed by atoms with Crippen molar-refractivity contribution >= 4 is 11.7 Å². The molecule has 1 unspecified atom stereocenters. The van der Waals surface area contributed by atoms with Crippen LogP contribution in [-0.2, 0) is 9.47 Å². The Labute approximate surface area is 107 Å². The number of esters is 1. The lowest BCUT2D eigenvalue weighted by Gasteiger charge is -2.12. The van der Waals surface area contributed by atoms with E-state index in [-0.39, 0.29) is 6.61 Å². The molecule has 0 amide bonds. The Hall–Kier alpha value is -2.09. The normalized spacial score (nSPS) is 12.0. The van der Waals surface area contributed by atoms with Crippen molar-refractivity contribution in [2.75, 3.05) is 13.7 Å². The largest absolute Gasteiger partial charge is 0.457 e. The Morgan fingerprint density at radius 3 is 2.63 bits per heavy atom. The summed E-state index contributed by atoms with van der Waals surface area (Å²) in [5.74, 6) is -3.72. The molecule has 0 N–H and O–H groups in total. The minimum atomic E-state index is -1.43. The highest BCUT2D eigenvalue weighted by molar-refractivity contribution is 5.90. The summed E-state index contributed by atoms with van der Waals surface area (Å²) in [6.07, 6.45) is -0.695. The first-order valence-corrected chi connectivity index (χ1v) is 5.20. The summed E-state index contributed by atoms with van der Waals surface area (Å²) in [5, 5.41) is 10.5. The molecular weight excluding hydrogens is 264 g/mol. The zero-order valence-electron chi connectivity index (χ0n) is 10.2. The first-order valence-electron chi connectivity index (χ1n) is 5.20. The summed E-state index contributed by atoms with van der Waals surface area (Å²) in [7, 11) is 1.37. The maximum absolute atomic E-state index is 13.6. The van der Waals surface area contributed by atoms with E-state index in [0.717, 1.165) is 0 Å². The van der Waals surface area contributed by atoms with Crippen LogP contribution in [-0.4, -0.2) is 30.7 Å². The topological polar surface area (TPSA) is 78.7 Å². The lowest BCUT2D eigenvalue weighted by Crippen LogP contribution is -2.20. The van der Waals surface area contributed by atoms with E-state index < -0.39 is 39.9 Å². The first kappa shape index (κ1) is 15.0. The van der Waals surface area contributed by atoms with Gasteiger partial charge in [-0.05, 0) is 13.0 Å². The third-order valence-electron chi connectivity index (χ3n) is 2.14. The number of nitro benzene ring substituents is 1. The molecule has 0 spiro atoms. The van der Waals surface area contributed by atoms with Crippen LogP contribution >= 0.6 is 0 Å². The van der Waals surface area contributed by atoms with E-state index in [2.05, 4.69) is 0 Å². The summed E-state index contributed by atoms with van der Waals surface area (Å²) in [6.45, 7) is 1.54. The van der Waals surface area contributed by atoms with E-state index in [1.165, 1.54) is 14.0 Å². The van der Waals surface area contributed by atoms with Gasteiger partial charge in [-0.15, -0.1) is 0 Å². The van der Waals surface area contributed by atoms with Crippen LogP contribution < -0.4 is 0 Å². The van der Waals surface area contributed by atoms with Crippen LogP contribution in [0.5, 0.6) is 0 Å². The minimum absolute atomic E-state index is 0.0603. The zero-order valence-corrected chi connectivity index (χ0v) is 10.2. The molecule has 0 aliphatic carbocycles. The van der Waals surface area contributed by atoms with Gasteiger partial charge in [0.1, 0.15) is 17.5 Å². The van der Waals surface area contributed by atoms with E-state index in [1.807, 2.05) is 0 Å². The average Bonchev–Trinajstić information content (AvgIpc) is 2.31. The summed E-state index contributed by atoms with van der Waals surface area (Å²) >= 11 is 0. The number of hydrogen-bond acceptors (Lipinski definition) is 5. The van der Waals surface area contributed by atoms with Gasteiger partial charge in [0.15, 0.2) is 0 Å². The molecule has 0 aromatic heterocycles. The van der Waals surface area contributed by atoms with Gasteiger partial charge in [-0.1, -0.05) is 0 Å². The van der Waals surface area contributed by atoms with Crippen molar-refractivity contribution in [1.29, 1.82) is 0 Å².